The lowest BCUT2D eigenvalue weighted by Crippen LogP contribution is -2.52. The Bertz CT molecular complexity index is 553. The van der Waals surface area contributed by atoms with Gasteiger partial charge in [-0.1, -0.05) is 0 Å². The van der Waals surface area contributed by atoms with Crippen molar-refractivity contribution in [3.63, 3.8) is 0 Å². The number of carbonyl (C=O) groups excluding carboxylic acids is 2. The Morgan fingerprint density at radius 2 is 1.78 bits per heavy atom. The maximum Gasteiger partial charge on any atom is 0.265 e. The second kappa shape index (κ2) is 4.66. The van der Waals surface area contributed by atoms with Gasteiger partial charge >= 0.3 is 0 Å². The summed E-state index contributed by atoms with van der Waals surface area (Å²) in [4.78, 5) is 26.4. The van der Waals surface area contributed by atoms with E-state index in [2.05, 4.69) is 15.9 Å². The van der Waals surface area contributed by atoms with E-state index < -0.39 is 11.8 Å². The number of thiocarbonyl (C=S) groups is 1. The first-order valence-electron chi connectivity index (χ1n) is 4.99. The van der Waals surface area contributed by atoms with E-state index in [1.807, 2.05) is 0 Å². The van der Waals surface area contributed by atoms with E-state index in [-0.39, 0.29) is 10.7 Å². The van der Waals surface area contributed by atoms with E-state index in [1.165, 1.54) is 30.0 Å². The first-order chi connectivity index (χ1) is 8.41. The number of hydrogen-bond donors (Lipinski definition) is 0. The van der Waals surface area contributed by atoms with Crippen LogP contribution in [-0.4, -0.2) is 40.8 Å². The molecule has 0 aliphatic carbocycles. The van der Waals surface area contributed by atoms with Crippen LogP contribution >= 0.6 is 28.1 Å². The molecule has 5 nitrogen and oxygen atoms in total. The Morgan fingerprint density at radius 1 is 1.22 bits per heavy atom. The molecule has 1 aliphatic rings. The van der Waals surface area contributed by atoms with Crippen LogP contribution in [0.25, 0.3) is 6.08 Å². The van der Waals surface area contributed by atoms with Crippen LogP contribution in [0.5, 0.6) is 0 Å². The first kappa shape index (κ1) is 13.0. The molecule has 0 bridgehead atoms. The van der Waals surface area contributed by atoms with Gasteiger partial charge in [-0.15, -0.1) is 0 Å². The molecule has 0 saturated carbocycles. The summed E-state index contributed by atoms with van der Waals surface area (Å²) >= 11 is 8.13. The van der Waals surface area contributed by atoms with Crippen molar-refractivity contribution in [1.29, 1.82) is 0 Å². The average Bonchev–Trinajstić information content (AvgIpc) is 2.75. The van der Waals surface area contributed by atoms with Crippen LogP contribution in [0, 0.1) is 0 Å². The van der Waals surface area contributed by atoms with E-state index in [0.29, 0.717) is 10.4 Å². The zero-order chi connectivity index (χ0) is 13.4. The van der Waals surface area contributed by atoms with Crippen LogP contribution in [-0.2, 0) is 9.59 Å². The maximum atomic E-state index is 12.0. The van der Waals surface area contributed by atoms with Crippen LogP contribution < -0.4 is 0 Å². The number of rotatable bonds is 1. The zero-order valence-electron chi connectivity index (χ0n) is 9.64. The highest BCUT2D eigenvalue weighted by Crippen LogP contribution is 2.21. The lowest BCUT2D eigenvalue weighted by Gasteiger charge is -2.31. The normalized spacial score (nSPS) is 16.6. The maximum absolute atomic E-state index is 12.0. The van der Waals surface area contributed by atoms with Crippen LogP contribution in [0.4, 0.5) is 0 Å². The van der Waals surface area contributed by atoms with Gasteiger partial charge in [0.15, 0.2) is 9.78 Å². The molecule has 1 fully saturated rings. The van der Waals surface area contributed by atoms with Crippen molar-refractivity contribution in [2.45, 2.75) is 0 Å². The fraction of sp³-hybridized carbons (Fsp3) is 0.182. The van der Waals surface area contributed by atoms with Gasteiger partial charge < -0.3 is 4.42 Å². The summed E-state index contributed by atoms with van der Waals surface area (Å²) < 4.78 is 5.78. The second-order valence-corrected chi connectivity index (χ2v) is 4.86. The third-order valence-electron chi connectivity index (χ3n) is 2.52. The smallest absolute Gasteiger partial charge is 0.265 e. The summed E-state index contributed by atoms with van der Waals surface area (Å²) in [7, 11) is 3.05. The van der Waals surface area contributed by atoms with Gasteiger partial charge in [-0.25, -0.2) is 0 Å². The summed E-state index contributed by atoms with van der Waals surface area (Å²) in [6, 6.07) is 3.34. The molecule has 94 valence electrons. The highest BCUT2D eigenvalue weighted by atomic mass is 79.9. The van der Waals surface area contributed by atoms with Gasteiger partial charge in [0, 0.05) is 14.1 Å². The molecule has 2 heterocycles. The number of carbonyl (C=O) groups is 2. The van der Waals surface area contributed by atoms with Crippen LogP contribution in [0.15, 0.2) is 26.8 Å². The summed E-state index contributed by atoms with van der Waals surface area (Å²) in [5, 5.41) is 0.183. The SMILES string of the molecule is CN1C(=O)C(=Cc2ccc(Br)o2)C(=O)N(C)C1=S. The van der Waals surface area contributed by atoms with Crippen molar-refractivity contribution in [1.82, 2.24) is 9.80 Å². The number of furan rings is 1. The fourth-order valence-corrected chi connectivity index (χ4v) is 2.01. The molecule has 18 heavy (non-hydrogen) atoms. The number of likely N-dealkylation sites (N-methyl/N-ethyl adjacent to an activating group) is 2. The summed E-state index contributed by atoms with van der Waals surface area (Å²) in [6.45, 7) is 0. The topological polar surface area (TPSA) is 53.8 Å². The Hall–Kier alpha value is -1.47. The largest absolute Gasteiger partial charge is 0.450 e. The molecule has 0 spiro atoms. The van der Waals surface area contributed by atoms with E-state index >= 15 is 0 Å². The summed E-state index contributed by atoms with van der Waals surface area (Å²) in [5.74, 6) is -0.445. The highest BCUT2D eigenvalue weighted by molar-refractivity contribution is 9.10. The minimum Gasteiger partial charge on any atom is -0.450 e. The highest BCUT2D eigenvalue weighted by Gasteiger charge is 2.35. The van der Waals surface area contributed by atoms with Crippen molar-refractivity contribution < 1.29 is 14.0 Å². The molecule has 0 radical (unpaired) electrons. The molecule has 2 rings (SSSR count). The van der Waals surface area contributed by atoms with E-state index in [1.54, 1.807) is 12.1 Å². The van der Waals surface area contributed by atoms with Crippen molar-refractivity contribution in [2.24, 2.45) is 0 Å². The Labute approximate surface area is 117 Å². The number of halogens is 1. The molecule has 0 atom stereocenters. The predicted molar refractivity (Wildman–Crippen MR) is 72.5 cm³/mol. The van der Waals surface area contributed by atoms with Gasteiger partial charge in [-0.2, -0.15) is 0 Å². The van der Waals surface area contributed by atoms with Crippen molar-refractivity contribution in [3.05, 3.63) is 28.1 Å². The molecule has 0 N–H and O–H groups in total. The molecule has 1 aliphatic heterocycles. The first-order valence-corrected chi connectivity index (χ1v) is 6.19. The molecule has 2 amide bonds. The van der Waals surface area contributed by atoms with E-state index in [4.69, 9.17) is 16.6 Å². The molecular formula is C11H9BrN2O3S. The number of nitrogens with zero attached hydrogens (tertiary/aromatic N) is 2. The van der Waals surface area contributed by atoms with Crippen molar-refractivity contribution in [2.75, 3.05) is 14.1 Å². The van der Waals surface area contributed by atoms with Gasteiger partial charge in [-0.05, 0) is 46.4 Å². The van der Waals surface area contributed by atoms with Gasteiger partial charge in [0.05, 0.1) is 0 Å². The Morgan fingerprint density at radius 3 is 2.22 bits per heavy atom. The molecule has 1 aromatic heterocycles. The third-order valence-corrected chi connectivity index (χ3v) is 3.50. The predicted octanol–water partition coefficient (Wildman–Crippen LogP) is 1.64. The van der Waals surface area contributed by atoms with Gasteiger partial charge in [-0.3, -0.25) is 19.4 Å². The molecule has 1 aromatic rings. The average molecular weight is 329 g/mol. The lowest BCUT2D eigenvalue weighted by atomic mass is 10.1. The standard InChI is InChI=1S/C11H9BrN2O3S/c1-13-9(15)7(10(16)14(2)11(13)18)5-6-3-4-8(12)17-6/h3-5H,1-2H3. The lowest BCUT2D eigenvalue weighted by molar-refractivity contribution is -0.132. The molecule has 7 heteroatoms. The minimum absolute atomic E-state index is 0.0236. The molecule has 0 aromatic carbocycles. The second-order valence-electron chi connectivity index (χ2n) is 3.71. The van der Waals surface area contributed by atoms with Gasteiger partial charge in [0.25, 0.3) is 11.8 Å². The number of hydrogen-bond acceptors (Lipinski definition) is 4. The summed E-state index contributed by atoms with van der Waals surface area (Å²) in [5.41, 5.74) is 0.0236. The van der Waals surface area contributed by atoms with Gasteiger partial charge in [0.2, 0.25) is 0 Å². The van der Waals surface area contributed by atoms with Crippen LogP contribution in [0.2, 0.25) is 0 Å². The monoisotopic (exact) mass is 328 g/mol. The number of amides is 2. The Kier molecular flexibility index (Phi) is 3.36. The molecular weight excluding hydrogens is 320 g/mol. The quantitative estimate of drug-likeness (QED) is 0.447. The van der Waals surface area contributed by atoms with Gasteiger partial charge in [0.1, 0.15) is 11.3 Å². The zero-order valence-corrected chi connectivity index (χ0v) is 12.0. The van der Waals surface area contributed by atoms with Crippen molar-refractivity contribution in [3.8, 4) is 0 Å². The third kappa shape index (κ3) is 2.11. The minimum atomic E-state index is -0.435. The van der Waals surface area contributed by atoms with Crippen LogP contribution in [0.3, 0.4) is 0 Å². The summed E-state index contributed by atoms with van der Waals surface area (Å²) in [6.07, 6.45) is 1.41. The Balaban J connectivity index is 2.43. The molecule has 1 saturated heterocycles. The van der Waals surface area contributed by atoms with E-state index in [9.17, 15) is 9.59 Å². The molecule has 0 unspecified atom stereocenters. The van der Waals surface area contributed by atoms with E-state index in [0.717, 1.165) is 0 Å². The van der Waals surface area contributed by atoms with Crippen LogP contribution in [0.1, 0.15) is 5.76 Å². The fourth-order valence-electron chi connectivity index (χ4n) is 1.52. The van der Waals surface area contributed by atoms with Crippen molar-refractivity contribution >= 4 is 51.2 Å².